The van der Waals surface area contributed by atoms with Gasteiger partial charge in [-0.05, 0) is 42.0 Å². The Morgan fingerprint density at radius 2 is 1.74 bits per heavy atom. The molecule has 0 spiro atoms. The number of hydrogen-bond acceptors (Lipinski definition) is 4. The number of nitrogens with one attached hydrogen (secondary N) is 1. The van der Waals surface area contributed by atoms with Gasteiger partial charge in [-0.25, -0.2) is 4.39 Å². The molecule has 0 fully saturated rings. The van der Waals surface area contributed by atoms with Gasteiger partial charge in [-0.1, -0.05) is 29.8 Å². The highest BCUT2D eigenvalue weighted by Crippen LogP contribution is 2.34. The molecule has 0 unspecified atom stereocenters. The van der Waals surface area contributed by atoms with Gasteiger partial charge in [0.25, 0.3) is 0 Å². The second kappa shape index (κ2) is 8.64. The van der Waals surface area contributed by atoms with Crippen molar-refractivity contribution in [1.29, 1.82) is 0 Å². The Balaban J connectivity index is 1.72. The Bertz CT molecular complexity index is 916. The Kier molecular flexibility index (Phi) is 6.04. The van der Waals surface area contributed by atoms with Crippen molar-refractivity contribution in [1.82, 2.24) is 0 Å². The average molecular weight is 388 g/mol. The number of aromatic hydroxyl groups is 1. The summed E-state index contributed by atoms with van der Waals surface area (Å²) in [4.78, 5) is 0. The van der Waals surface area contributed by atoms with Crippen LogP contribution in [0.1, 0.15) is 11.1 Å². The lowest BCUT2D eigenvalue weighted by atomic mass is 10.2. The smallest absolute Gasteiger partial charge is 0.163 e. The van der Waals surface area contributed by atoms with Crippen molar-refractivity contribution in [2.24, 2.45) is 0 Å². The highest BCUT2D eigenvalue weighted by Gasteiger charge is 2.12. The van der Waals surface area contributed by atoms with E-state index in [9.17, 15) is 9.50 Å². The third kappa shape index (κ3) is 4.83. The number of phenolic OH excluding ortho intramolecular Hbond substituents is 1. The fourth-order valence-electron chi connectivity index (χ4n) is 2.53. The second-order valence-electron chi connectivity index (χ2n) is 5.87. The van der Waals surface area contributed by atoms with Crippen LogP contribution in [0.5, 0.6) is 17.2 Å². The van der Waals surface area contributed by atoms with Gasteiger partial charge in [-0.3, -0.25) is 0 Å². The van der Waals surface area contributed by atoms with Gasteiger partial charge in [-0.2, -0.15) is 0 Å². The van der Waals surface area contributed by atoms with Crippen molar-refractivity contribution < 1.29 is 19.0 Å². The molecule has 0 bridgehead atoms. The number of rotatable bonds is 7. The molecule has 0 aliphatic heterocycles. The molecule has 3 aromatic rings. The summed E-state index contributed by atoms with van der Waals surface area (Å²) in [5.74, 6) is 0.839. The molecule has 0 aliphatic rings. The van der Waals surface area contributed by atoms with Gasteiger partial charge in [0, 0.05) is 28.9 Å². The van der Waals surface area contributed by atoms with Crippen molar-refractivity contribution in [2.45, 2.75) is 13.2 Å². The summed E-state index contributed by atoms with van der Waals surface area (Å²) < 4.78 is 24.8. The number of hydrogen-bond donors (Lipinski definition) is 2. The molecule has 27 heavy (non-hydrogen) atoms. The van der Waals surface area contributed by atoms with Crippen LogP contribution >= 0.6 is 11.6 Å². The number of halogens is 2. The number of anilines is 1. The molecular weight excluding hydrogens is 369 g/mol. The molecular formula is C21H19ClFNO3. The lowest BCUT2D eigenvalue weighted by Crippen LogP contribution is -2.03. The third-order valence-corrected chi connectivity index (χ3v) is 4.38. The van der Waals surface area contributed by atoms with Crippen LogP contribution in [0.25, 0.3) is 0 Å². The molecule has 3 rings (SSSR count). The first-order valence-electron chi connectivity index (χ1n) is 8.32. The first-order valence-corrected chi connectivity index (χ1v) is 8.70. The van der Waals surface area contributed by atoms with Crippen molar-refractivity contribution in [3.63, 3.8) is 0 Å². The molecule has 0 aromatic heterocycles. The zero-order valence-corrected chi connectivity index (χ0v) is 15.5. The molecule has 0 amide bonds. The maximum atomic E-state index is 13.7. The maximum Gasteiger partial charge on any atom is 0.163 e. The lowest BCUT2D eigenvalue weighted by Gasteiger charge is -2.15. The Labute approximate surface area is 162 Å². The summed E-state index contributed by atoms with van der Waals surface area (Å²) in [6.45, 7) is 0.540. The summed E-state index contributed by atoms with van der Waals surface area (Å²) in [5.41, 5.74) is 2.12. The fraction of sp³-hybridized carbons (Fsp3) is 0.143. The van der Waals surface area contributed by atoms with E-state index in [-0.39, 0.29) is 18.2 Å². The lowest BCUT2D eigenvalue weighted by molar-refractivity contribution is 0.279. The van der Waals surface area contributed by atoms with Gasteiger partial charge in [0.2, 0.25) is 0 Å². The SMILES string of the molecule is COc1cc(CNc2ccc(O)cc2)c(Cl)cc1OCc1ccccc1F. The van der Waals surface area contributed by atoms with E-state index < -0.39 is 0 Å². The molecule has 140 valence electrons. The molecule has 0 saturated carbocycles. The standard InChI is InChI=1S/C21H19ClFNO3/c1-26-20-10-15(12-24-16-6-8-17(25)9-7-16)18(22)11-21(20)27-13-14-4-2-3-5-19(14)23/h2-11,24-25H,12-13H2,1H3. The Hall–Kier alpha value is -2.92. The molecule has 2 N–H and O–H groups in total. The summed E-state index contributed by atoms with van der Waals surface area (Å²) in [6.07, 6.45) is 0. The normalized spacial score (nSPS) is 10.5. The molecule has 6 heteroatoms. The zero-order chi connectivity index (χ0) is 19.2. The van der Waals surface area contributed by atoms with E-state index >= 15 is 0 Å². The first kappa shape index (κ1) is 18.9. The Morgan fingerprint density at radius 1 is 1.00 bits per heavy atom. The predicted molar refractivity (Wildman–Crippen MR) is 104 cm³/mol. The maximum absolute atomic E-state index is 13.7. The van der Waals surface area contributed by atoms with Gasteiger partial charge < -0.3 is 19.9 Å². The minimum atomic E-state index is -0.322. The van der Waals surface area contributed by atoms with Crippen LogP contribution in [-0.2, 0) is 13.2 Å². The minimum Gasteiger partial charge on any atom is -0.508 e. The Morgan fingerprint density at radius 3 is 2.44 bits per heavy atom. The highest BCUT2D eigenvalue weighted by atomic mass is 35.5. The van der Waals surface area contributed by atoms with E-state index in [2.05, 4.69) is 5.32 Å². The summed E-state index contributed by atoms with van der Waals surface area (Å²) in [5, 5.41) is 13.1. The summed E-state index contributed by atoms with van der Waals surface area (Å²) in [7, 11) is 1.54. The minimum absolute atomic E-state index is 0.0739. The molecule has 0 atom stereocenters. The van der Waals surface area contributed by atoms with Crippen molar-refractivity contribution in [3.8, 4) is 17.2 Å². The van der Waals surface area contributed by atoms with Gasteiger partial charge in [0.1, 0.15) is 18.2 Å². The van der Waals surface area contributed by atoms with Crippen molar-refractivity contribution in [3.05, 3.63) is 82.6 Å². The van der Waals surface area contributed by atoms with Crippen LogP contribution in [0.15, 0.2) is 60.7 Å². The van der Waals surface area contributed by atoms with Crippen molar-refractivity contribution in [2.75, 3.05) is 12.4 Å². The average Bonchev–Trinajstić information content (AvgIpc) is 2.68. The van der Waals surface area contributed by atoms with E-state index in [0.717, 1.165) is 11.3 Å². The van der Waals surface area contributed by atoms with E-state index in [4.69, 9.17) is 21.1 Å². The van der Waals surface area contributed by atoms with Crippen LogP contribution in [-0.4, -0.2) is 12.2 Å². The largest absolute Gasteiger partial charge is 0.508 e. The van der Waals surface area contributed by atoms with Gasteiger partial charge in [0.05, 0.1) is 7.11 Å². The van der Waals surface area contributed by atoms with Crippen LogP contribution in [0.3, 0.4) is 0 Å². The van der Waals surface area contributed by atoms with E-state index in [1.54, 1.807) is 54.6 Å². The topological polar surface area (TPSA) is 50.7 Å². The van der Waals surface area contributed by atoms with E-state index in [1.807, 2.05) is 0 Å². The predicted octanol–water partition coefficient (Wildman–Crippen LogP) is 5.38. The van der Waals surface area contributed by atoms with Gasteiger partial charge >= 0.3 is 0 Å². The van der Waals surface area contributed by atoms with E-state index in [1.165, 1.54) is 13.2 Å². The molecule has 0 saturated heterocycles. The number of phenols is 1. The summed E-state index contributed by atoms with van der Waals surface area (Å²) in [6, 6.07) is 16.6. The third-order valence-electron chi connectivity index (χ3n) is 4.02. The fourth-order valence-corrected chi connectivity index (χ4v) is 2.75. The van der Waals surface area contributed by atoms with Crippen LogP contribution in [0, 0.1) is 5.82 Å². The quantitative estimate of drug-likeness (QED) is 0.534. The van der Waals surface area contributed by atoms with Crippen LogP contribution < -0.4 is 14.8 Å². The molecule has 3 aromatic carbocycles. The molecule has 4 nitrogen and oxygen atoms in total. The van der Waals surface area contributed by atoms with Crippen LogP contribution in [0.2, 0.25) is 5.02 Å². The molecule has 0 heterocycles. The van der Waals surface area contributed by atoms with Crippen molar-refractivity contribution >= 4 is 17.3 Å². The second-order valence-corrected chi connectivity index (χ2v) is 6.28. The number of benzene rings is 3. The van der Waals surface area contributed by atoms with Gasteiger partial charge in [-0.15, -0.1) is 0 Å². The van der Waals surface area contributed by atoms with Crippen LogP contribution in [0.4, 0.5) is 10.1 Å². The first-order chi connectivity index (χ1) is 13.1. The summed E-state index contributed by atoms with van der Waals surface area (Å²) >= 11 is 6.37. The number of methoxy groups -OCH3 is 1. The zero-order valence-electron chi connectivity index (χ0n) is 14.7. The number of ether oxygens (including phenoxy) is 2. The highest BCUT2D eigenvalue weighted by molar-refractivity contribution is 6.31. The molecule has 0 aliphatic carbocycles. The monoisotopic (exact) mass is 387 g/mol. The van der Waals surface area contributed by atoms with E-state index in [0.29, 0.717) is 28.6 Å². The van der Waals surface area contributed by atoms with Gasteiger partial charge in [0.15, 0.2) is 11.5 Å². The molecule has 0 radical (unpaired) electrons.